The van der Waals surface area contributed by atoms with Crippen molar-refractivity contribution in [3.8, 4) is 17.2 Å². The van der Waals surface area contributed by atoms with E-state index in [1.807, 2.05) is 6.07 Å². The molecule has 0 saturated carbocycles. The second-order valence-electron chi connectivity index (χ2n) is 6.91. The lowest BCUT2D eigenvalue weighted by atomic mass is 10.00. The Labute approximate surface area is 143 Å². The number of carbonyl (C=O) groups is 1. The van der Waals surface area contributed by atoms with Crippen LogP contribution in [0.2, 0.25) is 19.6 Å². The SMILES string of the molecule is COc1cc2c(OC)cc(C(=O)O)cc2c(C[Si](C)(C)C)c1OC. The standard InChI is InChI=1S/C18H24O5Si/c1-21-15-8-11(18(19)20)7-12-13(15)9-16(22-2)17(23-3)14(12)10-24(4,5)6/h7-9H,10H2,1-6H3,(H,19,20). The normalized spacial score (nSPS) is 11.4. The largest absolute Gasteiger partial charge is 0.496 e. The molecule has 0 heterocycles. The summed E-state index contributed by atoms with van der Waals surface area (Å²) in [4.78, 5) is 11.5. The zero-order valence-electron chi connectivity index (χ0n) is 15.0. The Morgan fingerprint density at radius 1 is 0.958 bits per heavy atom. The lowest BCUT2D eigenvalue weighted by Gasteiger charge is -2.22. The molecule has 0 radical (unpaired) electrons. The summed E-state index contributed by atoms with van der Waals surface area (Å²) in [6.45, 7) is 6.78. The summed E-state index contributed by atoms with van der Waals surface area (Å²) in [6.07, 6.45) is 0. The maximum absolute atomic E-state index is 11.5. The van der Waals surface area contributed by atoms with E-state index in [0.717, 1.165) is 22.4 Å². The van der Waals surface area contributed by atoms with E-state index in [1.165, 1.54) is 13.2 Å². The smallest absolute Gasteiger partial charge is 0.335 e. The van der Waals surface area contributed by atoms with Crippen molar-refractivity contribution < 1.29 is 24.1 Å². The summed E-state index contributed by atoms with van der Waals surface area (Å²) in [5, 5.41) is 11.1. The van der Waals surface area contributed by atoms with Gasteiger partial charge in [-0.3, -0.25) is 0 Å². The molecule has 0 saturated heterocycles. The van der Waals surface area contributed by atoms with Gasteiger partial charge in [-0.2, -0.15) is 0 Å². The molecule has 6 heteroatoms. The van der Waals surface area contributed by atoms with Gasteiger partial charge in [0.2, 0.25) is 0 Å². The molecule has 0 aliphatic carbocycles. The Bertz CT molecular complexity index is 777. The molecule has 0 unspecified atom stereocenters. The lowest BCUT2D eigenvalue weighted by Crippen LogP contribution is -2.24. The second-order valence-corrected chi connectivity index (χ2v) is 12.4. The summed E-state index contributed by atoms with van der Waals surface area (Å²) in [7, 11) is 3.25. The van der Waals surface area contributed by atoms with Crippen LogP contribution in [-0.2, 0) is 6.04 Å². The van der Waals surface area contributed by atoms with Crippen LogP contribution in [0, 0.1) is 0 Å². The maximum Gasteiger partial charge on any atom is 0.335 e. The minimum absolute atomic E-state index is 0.198. The van der Waals surface area contributed by atoms with Gasteiger partial charge in [0.05, 0.1) is 26.9 Å². The van der Waals surface area contributed by atoms with Gasteiger partial charge in [0, 0.05) is 19.0 Å². The number of hydrogen-bond donors (Lipinski definition) is 1. The Hall–Kier alpha value is -2.21. The molecule has 0 spiro atoms. The molecule has 0 aromatic heterocycles. The second kappa shape index (κ2) is 6.73. The van der Waals surface area contributed by atoms with Gasteiger partial charge in [-0.25, -0.2) is 4.79 Å². The van der Waals surface area contributed by atoms with E-state index in [9.17, 15) is 9.90 Å². The number of ether oxygens (including phenoxy) is 3. The van der Waals surface area contributed by atoms with E-state index in [0.29, 0.717) is 17.2 Å². The first kappa shape index (κ1) is 18.1. The summed E-state index contributed by atoms with van der Waals surface area (Å²) >= 11 is 0. The average molecular weight is 348 g/mol. The van der Waals surface area contributed by atoms with Crippen molar-refractivity contribution in [1.82, 2.24) is 0 Å². The summed E-state index contributed by atoms with van der Waals surface area (Å²) in [5.41, 5.74) is 1.18. The Balaban J connectivity index is 2.94. The molecule has 2 aromatic rings. The first-order valence-electron chi connectivity index (χ1n) is 7.70. The number of rotatable bonds is 6. The van der Waals surface area contributed by atoms with Gasteiger partial charge in [0.15, 0.2) is 11.5 Å². The number of aromatic carboxylic acids is 1. The topological polar surface area (TPSA) is 65.0 Å². The Morgan fingerprint density at radius 3 is 2.04 bits per heavy atom. The highest BCUT2D eigenvalue weighted by Crippen LogP contribution is 2.42. The third-order valence-electron chi connectivity index (χ3n) is 3.84. The Kier molecular flexibility index (Phi) is 5.08. The Morgan fingerprint density at radius 2 is 1.58 bits per heavy atom. The molecule has 0 aliphatic heterocycles. The molecule has 24 heavy (non-hydrogen) atoms. The van der Waals surface area contributed by atoms with Crippen molar-refractivity contribution in [2.45, 2.75) is 25.7 Å². The van der Waals surface area contributed by atoms with Gasteiger partial charge in [-0.15, -0.1) is 0 Å². The van der Waals surface area contributed by atoms with E-state index in [1.54, 1.807) is 20.3 Å². The third kappa shape index (κ3) is 3.48. The molecule has 2 aromatic carbocycles. The fourth-order valence-electron chi connectivity index (χ4n) is 2.87. The molecular weight excluding hydrogens is 324 g/mol. The van der Waals surface area contributed by atoms with Crippen molar-refractivity contribution in [3.05, 3.63) is 29.3 Å². The highest BCUT2D eigenvalue weighted by atomic mass is 28.3. The van der Waals surface area contributed by atoms with Gasteiger partial charge >= 0.3 is 5.97 Å². The fraction of sp³-hybridized carbons (Fsp3) is 0.389. The van der Waals surface area contributed by atoms with Gasteiger partial charge in [0.25, 0.3) is 0 Å². The molecule has 5 nitrogen and oxygen atoms in total. The van der Waals surface area contributed by atoms with Gasteiger partial charge in [-0.05, 0) is 29.6 Å². The molecule has 1 N–H and O–H groups in total. The summed E-state index contributed by atoms with van der Waals surface area (Å²) in [5.74, 6) is 0.822. The van der Waals surface area contributed by atoms with Crippen molar-refractivity contribution in [1.29, 1.82) is 0 Å². The van der Waals surface area contributed by atoms with E-state index in [2.05, 4.69) is 19.6 Å². The number of methoxy groups -OCH3 is 3. The first-order chi connectivity index (χ1) is 11.2. The van der Waals surface area contributed by atoms with Crippen LogP contribution in [0.3, 0.4) is 0 Å². The maximum atomic E-state index is 11.5. The van der Waals surface area contributed by atoms with Crippen LogP contribution in [0.1, 0.15) is 15.9 Å². The van der Waals surface area contributed by atoms with E-state index in [4.69, 9.17) is 14.2 Å². The first-order valence-corrected chi connectivity index (χ1v) is 11.4. The van der Waals surface area contributed by atoms with Crippen LogP contribution in [0.4, 0.5) is 0 Å². The van der Waals surface area contributed by atoms with Crippen molar-refractivity contribution >= 4 is 24.8 Å². The highest BCUT2D eigenvalue weighted by molar-refractivity contribution is 6.75. The van der Waals surface area contributed by atoms with Crippen LogP contribution >= 0.6 is 0 Å². The van der Waals surface area contributed by atoms with Gasteiger partial charge in [0.1, 0.15) is 5.75 Å². The quantitative estimate of drug-likeness (QED) is 0.800. The number of benzene rings is 2. The van der Waals surface area contributed by atoms with E-state index in [-0.39, 0.29) is 5.56 Å². The predicted molar refractivity (Wildman–Crippen MR) is 97.6 cm³/mol. The molecule has 0 aliphatic rings. The van der Waals surface area contributed by atoms with Crippen LogP contribution in [-0.4, -0.2) is 40.5 Å². The number of carboxylic acids is 1. The minimum Gasteiger partial charge on any atom is -0.496 e. The molecule has 0 fully saturated rings. The summed E-state index contributed by atoms with van der Waals surface area (Å²) in [6, 6.07) is 5.91. The van der Waals surface area contributed by atoms with Crippen LogP contribution in [0.5, 0.6) is 17.2 Å². The van der Waals surface area contributed by atoms with Crippen molar-refractivity contribution in [2.75, 3.05) is 21.3 Å². The van der Waals surface area contributed by atoms with Crippen molar-refractivity contribution in [3.63, 3.8) is 0 Å². The summed E-state index contributed by atoms with van der Waals surface area (Å²) < 4.78 is 16.5. The van der Waals surface area contributed by atoms with Crippen LogP contribution < -0.4 is 14.2 Å². The molecule has 130 valence electrons. The van der Waals surface area contributed by atoms with Gasteiger partial charge in [-0.1, -0.05) is 19.6 Å². The lowest BCUT2D eigenvalue weighted by molar-refractivity contribution is 0.0696. The average Bonchev–Trinajstić information content (AvgIpc) is 2.51. The molecule has 0 atom stereocenters. The molecular formula is C18H24O5Si. The van der Waals surface area contributed by atoms with E-state index < -0.39 is 14.0 Å². The number of carboxylic acid groups (broad SMARTS) is 1. The van der Waals surface area contributed by atoms with Crippen LogP contribution in [0.15, 0.2) is 18.2 Å². The van der Waals surface area contributed by atoms with Crippen molar-refractivity contribution in [2.24, 2.45) is 0 Å². The highest BCUT2D eigenvalue weighted by Gasteiger charge is 2.24. The minimum atomic E-state index is -1.49. The molecule has 0 amide bonds. The molecule has 0 bridgehead atoms. The zero-order valence-corrected chi connectivity index (χ0v) is 16.0. The fourth-order valence-corrected chi connectivity index (χ4v) is 4.28. The monoisotopic (exact) mass is 348 g/mol. The van der Waals surface area contributed by atoms with Gasteiger partial charge < -0.3 is 19.3 Å². The molecule has 2 rings (SSSR count). The zero-order chi connectivity index (χ0) is 18.1. The van der Waals surface area contributed by atoms with Crippen LogP contribution in [0.25, 0.3) is 10.8 Å². The third-order valence-corrected chi connectivity index (χ3v) is 5.25. The number of hydrogen-bond acceptors (Lipinski definition) is 4. The predicted octanol–water partition coefficient (Wildman–Crippen LogP) is 3.98. The van der Waals surface area contributed by atoms with E-state index >= 15 is 0 Å². The number of fused-ring (bicyclic) bond motifs is 1.